The van der Waals surface area contributed by atoms with Crippen molar-refractivity contribution < 1.29 is 24.3 Å². The number of nitrogens with one attached hydrogen (secondary N) is 1. The highest BCUT2D eigenvalue weighted by atomic mass is 16.5. The fraction of sp³-hybridized carbons (Fsp3) is 0.611. The summed E-state index contributed by atoms with van der Waals surface area (Å²) in [5.41, 5.74) is 0.993. The molecule has 1 aromatic carbocycles. The number of benzene rings is 1. The molecule has 26 heavy (non-hydrogen) atoms. The predicted octanol–water partition coefficient (Wildman–Crippen LogP) is 1.01. The molecule has 0 amide bonds. The second kappa shape index (κ2) is 6.76. The normalized spacial score (nSPS) is 26.2. The molecule has 2 fully saturated rings. The molecule has 0 aliphatic carbocycles. The molecule has 0 radical (unpaired) electrons. The molecule has 0 saturated carbocycles. The van der Waals surface area contributed by atoms with E-state index in [1.165, 1.54) is 12.8 Å². The van der Waals surface area contributed by atoms with Crippen molar-refractivity contribution in [2.24, 2.45) is 0 Å². The lowest BCUT2D eigenvalue weighted by Gasteiger charge is -2.43. The highest BCUT2D eigenvalue weighted by Gasteiger charge is 2.37. The maximum Gasteiger partial charge on any atom is 0.522 e. The molecule has 0 unspecified atom stereocenters. The summed E-state index contributed by atoms with van der Waals surface area (Å²) in [5.74, 6) is -0.530. The van der Waals surface area contributed by atoms with E-state index in [2.05, 4.69) is 17.1 Å². The SMILES string of the molecule is C[C@@]1(CN2CC(Oc3ccc4c(c3C(=O)O)OB(O)CC4)C2)CCCN1. The molecule has 4 rings (SSSR count). The van der Waals surface area contributed by atoms with Gasteiger partial charge in [0.05, 0.1) is 0 Å². The van der Waals surface area contributed by atoms with Crippen LogP contribution in [0.5, 0.6) is 11.5 Å². The van der Waals surface area contributed by atoms with E-state index in [0.29, 0.717) is 18.5 Å². The third-order valence-electron chi connectivity index (χ3n) is 5.58. The van der Waals surface area contributed by atoms with E-state index in [1.807, 2.05) is 6.07 Å². The molecule has 140 valence electrons. The van der Waals surface area contributed by atoms with Crippen LogP contribution in [0.25, 0.3) is 0 Å². The largest absolute Gasteiger partial charge is 0.535 e. The van der Waals surface area contributed by atoms with Crippen molar-refractivity contribution in [3.8, 4) is 11.5 Å². The molecule has 3 aliphatic heterocycles. The van der Waals surface area contributed by atoms with Crippen LogP contribution >= 0.6 is 0 Å². The topological polar surface area (TPSA) is 91.3 Å². The number of carboxylic acids is 1. The lowest BCUT2D eigenvalue weighted by molar-refractivity contribution is 0.00485. The molecule has 1 aromatic rings. The number of rotatable bonds is 5. The molecule has 0 bridgehead atoms. The summed E-state index contributed by atoms with van der Waals surface area (Å²) in [6, 6.07) is 3.55. The summed E-state index contributed by atoms with van der Waals surface area (Å²) in [4.78, 5) is 14.1. The Kier molecular flexibility index (Phi) is 4.58. The molecule has 3 aliphatic rings. The Balaban J connectivity index is 1.43. The van der Waals surface area contributed by atoms with Gasteiger partial charge in [-0.25, -0.2) is 4.79 Å². The van der Waals surface area contributed by atoms with Gasteiger partial charge in [0.25, 0.3) is 0 Å². The average molecular weight is 360 g/mol. The molecular weight excluding hydrogens is 335 g/mol. The van der Waals surface area contributed by atoms with E-state index >= 15 is 0 Å². The third-order valence-corrected chi connectivity index (χ3v) is 5.58. The number of fused-ring (bicyclic) bond motifs is 1. The number of nitrogens with zero attached hydrogens (tertiary/aromatic N) is 1. The average Bonchev–Trinajstić information content (AvgIpc) is 2.98. The Labute approximate surface area is 153 Å². The maximum absolute atomic E-state index is 11.8. The van der Waals surface area contributed by atoms with Gasteiger partial charge in [-0.1, -0.05) is 6.07 Å². The van der Waals surface area contributed by atoms with Crippen LogP contribution in [0.2, 0.25) is 6.32 Å². The van der Waals surface area contributed by atoms with Gasteiger partial charge in [0.1, 0.15) is 23.2 Å². The third kappa shape index (κ3) is 3.41. The Hall–Kier alpha value is -1.77. The van der Waals surface area contributed by atoms with Gasteiger partial charge in [-0.2, -0.15) is 0 Å². The fourth-order valence-corrected chi connectivity index (χ4v) is 4.21. The first-order valence-corrected chi connectivity index (χ1v) is 9.31. The molecular formula is C18H25BN2O5. The Bertz CT molecular complexity index is 701. The van der Waals surface area contributed by atoms with Crippen LogP contribution in [0, 0.1) is 0 Å². The van der Waals surface area contributed by atoms with Crippen molar-refractivity contribution in [2.45, 2.75) is 44.1 Å². The number of carboxylic acid groups (broad SMARTS) is 1. The smallest absolute Gasteiger partial charge is 0.522 e. The zero-order chi connectivity index (χ0) is 18.3. The van der Waals surface area contributed by atoms with Crippen LogP contribution in [0.3, 0.4) is 0 Å². The number of likely N-dealkylation sites (tertiary alicyclic amines) is 1. The summed E-state index contributed by atoms with van der Waals surface area (Å²) in [6.07, 6.45) is 3.44. The molecule has 0 aromatic heterocycles. The van der Waals surface area contributed by atoms with Gasteiger partial charge >= 0.3 is 13.1 Å². The minimum absolute atomic E-state index is 0.0177. The van der Waals surface area contributed by atoms with Crippen molar-refractivity contribution >= 4 is 13.1 Å². The second-order valence-electron chi connectivity index (χ2n) is 7.87. The minimum atomic E-state index is -1.09. The van der Waals surface area contributed by atoms with Gasteiger partial charge in [-0.3, -0.25) is 4.90 Å². The first-order valence-electron chi connectivity index (χ1n) is 9.31. The molecule has 8 heteroatoms. The molecule has 3 N–H and O–H groups in total. The van der Waals surface area contributed by atoms with Gasteiger partial charge in [-0.15, -0.1) is 0 Å². The Morgan fingerprint density at radius 3 is 3.00 bits per heavy atom. The zero-order valence-corrected chi connectivity index (χ0v) is 15.0. The van der Waals surface area contributed by atoms with E-state index in [0.717, 1.165) is 31.7 Å². The van der Waals surface area contributed by atoms with E-state index in [9.17, 15) is 14.9 Å². The first-order chi connectivity index (χ1) is 12.4. The summed E-state index contributed by atoms with van der Waals surface area (Å²) in [5, 5.41) is 22.9. The molecule has 3 heterocycles. The Morgan fingerprint density at radius 2 is 2.31 bits per heavy atom. The standard InChI is InChI=1S/C18H25BN2O5/c1-18(6-2-8-20-18)11-21-9-13(10-21)25-14-4-3-12-5-7-19(24)26-16(12)15(14)17(22)23/h3-4,13,20,24H,2,5-11H2,1H3,(H,22,23)/t18-/m0/s1. The monoisotopic (exact) mass is 360 g/mol. The summed E-state index contributed by atoms with van der Waals surface area (Å²) >= 11 is 0. The van der Waals surface area contributed by atoms with E-state index in [1.54, 1.807) is 6.07 Å². The van der Waals surface area contributed by atoms with E-state index < -0.39 is 13.1 Å². The molecule has 0 spiro atoms. The number of hydrogen-bond donors (Lipinski definition) is 3. The number of aryl methyl sites for hydroxylation is 1. The summed E-state index contributed by atoms with van der Waals surface area (Å²) in [6.45, 7) is 5.89. The van der Waals surface area contributed by atoms with Gasteiger partial charge in [0, 0.05) is 25.2 Å². The van der Waals surface area contributed by atoms with Crippen LogP contribution in [-0.2, 0) is 6.42 Å². The number of ether oxygens (including phenoxy) is 1. The van der Waals surface area contributed by atoms with Crippen LogP contribution < -0.4 is 14.7 Å². The highest BCUT2D eigenvalue weighted by Crippen LogP contribution is 2.37. The van der Waals surface area contributed by atoms with Crippen molar-refractivity contribution in [3.63, 3.8) is 0 Å². The van der Waals surface area contributed by atoms with Gasteiger partial charge < -0.3 is 24.8 Å². The summed E-state index contributed by atoms with van der Waals surface area (Å²) < 4.78 is 11.4. The zero-order valence-electron chi connectivity index (χ0n) is 15.0. The van der Waals surface area contributed by atoms with Crippen LogP contribution in [0.4, 0.5) is 0 Å². The number of aromatic carboxylic acids is 1. The van der Waals surface area contributed by atoms with E-state index in [4.69, 9.17) is 9.39 Å². The van der Waals surface area contributed by atoms with Crippen molar-refractivity contribution in [1.82, 2.24) is 10.2 Å². The predicted molar refractivity (Wildman–Crippen MR) is 97.0 cm³/mol. The van der Waals surface area contributed by atoms with Crippen molar-refractivity contribution in [2.75, 3.05) is 26.2 Å². The van der Waals surface area contributed by atoms with Gasteiger partial charge in [0.15, 0.2) is 0 Å². The fourth-order valence-electron chi connectivity index (χ4n) is 4.21. The second-order valence-corrected chi connectivity index (χ2v) is 7.87. The van der Waals surface area contributed by atoms with Crippen LogP contribution in [-0.4, -0.2) is 65.9 Å². The summed E-state index contributed by atoms with van der Waals surface area (Å²) in [7, 11) is -0.963. The lowest BCUT2D eigenvalue weighted by atomic mass is 9.78. The molecule has 1 atom stereocenters. The molecule has 2 saturated heterocycles. The van der Waals surface area contributed by atoms with Gasteiger partial charge in [0.2, 0.25) is 0 Å². The Morgan fingerprint density at radius 1 is 1.50 bits per heavy atom. The van der Waals surface area contributed by atoms with Gasteiger partial charge in [-0.05, 0) is 50.7 Å². The van der Waals surface area contributed by atoms with E-state index in [-0.39, 0.29) is 23.0 Å². The molecule has 7 nitrogen and oxygen atoms in total. The lowest BCUT2D eigenvalue weighted by Crippen LogP contribution is -2.59. The number of carbonyl (C=O) groups is 1. The number of hydrogen-bond acceptors (Lipinski definition) is 6. The highest BCUT2D eigenvalue weighted by molar-refractivity contribution is 6.44. The first kappa shape index (κ1) is 17.6. The maximum atomic E-state index is 11.8. The quantitative estimate of drug-likeness (QED) is 0.675. The van der Waals surface area contributed by atoms with Crippen LogP contribution in [0.15, 0.2) is 12.1 Å². The van der Waals surface area contributed by atoms with Crippen LogP contribution in [0.1, 0.15) is 35.7 Å². The minimum Gasteiger partial charge on any atom is -0.535 e. The van der Waals surface area contributed by atoms with Crippen molar-refractivity contribution in [1.29, 1.82) is 0 Å². The van der Waals surface area contributed by atoms with Crippen molar-refractivity contribution in [3.05, 3.63) is 23.3 Å².